The van der Waals surface area contributed by atoms with Crippen molar-refractivity contribution in [2.24, 2.45) is 5.10 Å². The first-order valence-electron chi connectivity index (χ1n) is 9.34. The number of halogens is 1. The van der Waals surface area contributed by atoms with Crippen molar-refractivity contribution in [3.05, 3.63) is 81.6 Å². The summed E-state index contributed by atoms with van der Waals surface area (Å²) in [4.78, 5) is 32.2. The van der Waals surface area contributed by atoms with Gasteiger partial charge in [-0.15, -0.1) is 0 Å². The van der Waals surface area contributed by atoms with E-state index in [9.17, 15) is 9.59 Å². The zero-order chi connectivity index (χ0) is 22.2. The molecular formula is C22H19BrN4O4. The van der Waals surface area contributed by atoms with Crippen LogP contribution in [0.3, 0.4) is 0 Å². The van der Waals surface area contributed by atoms with E-state index in [1.165, 1.54) is 6.20 Å². The van der Waals surface area contributed by atoms with Gasteiger partial charge in [-0.2, -0.15) is 5.10 Å². The van der Waals surface area contributed by atoms with Crippen LogP contribution in [-0.2, 0) is 4.74 Å². The summed E-state index contributed by atoms with van der Waals surface area (Å²) in [7, 11) is 0. The third-order valence-electron chi connectivity index (χ3n) is 4.02. The maximum Gasteiger partial charge on any atom is 0.343 e. The highest BCUT2D eigenvalue weighted by atomic mass is 79.9. The van der Waals surface area contributed by atoms with E-state index >= 15 is 0 Å². The summed E-state index contributed by atoms with van der Waals surface area (Å²) < 4.78 is 11.2. The number of nitrogens with one attached hydrogen (secondary N) is 1. The Hall–Kier alpha value is -3.59. The van der Waals surface area contributed by atoms with Crippen LogP contribution in [0.1, 0.15) is 38.9 Å². The number of anilines is 1. The smallest absolute Gasteiger partial charge is 0.343 e. The first kappa shape index (κ1) is 22.1. The maximum atomic E-state index is 12.2. The normalized spacial score (nSPS) is 10.7. The van der Waals surface area contributed by atoms with Crippen LogP contribution in [0.2, 0.25) is 0 Å². The van der Waals surface area contributed by atoms with Crippen molar-refractivity contribution in [3.63, 3.8) is 0 Å². The maximum absolute atomic E-state index is 12.2. The van der Waals surface area contributed by atoms with Gasteiger partial charge >= 0.3 is 11.9 Å². The van der Waals surface area contributed by atoms with Gasteiger partial charge in [-0.05, 0) is 67.9 Å². The molecule has 9 heteroatoms. The van der Waals surface area contributed by atoms with E-state index in [-0.39, 0.29) is 12.6 Å². The van der Waals surface area contributed by atoms with Crippen LogP contribution < -0.4 is 10.2 Å². The summed E-state index contributed by atoms with van der Waals surface area (Å²) in [6, 6.07) is 13.8. The second-order valence-electron chi connectivity index (χ2n) is 6.25. The Morgan fingerprint density at radius 1 is 1.10 bits per heavy atom. The molecule has 3 rings (SSSR count). The van der Waals surface area contributed by atoms with Crippen LogP contribution in [0, 0.1) is 6.92 Å². The molecule has 0 amide bonds. The van der Waals surface area contributed by atoms with E-state index in [0.29, 0.717) is 22.6 Å². The molecular weight excluding hydrogens is 464 g/mol. The van der Waals surface area contributed by atoms with E-state index in [4.69, 9.17) is 9.47 Å². The predicted octanol–water partition coefficient (Wildman–Crippen LogP) is 4.39. The minimum Gasteiger partial charge on any atom is -0.462 e. The van der Waals surface area contributed by atoms with Gasteiger partial charge in [-0.25, -0.2) is 25.0 Å². The first-order chi connectivity index (χ1) is 15.0. The van der Waals surface area contributed by atoms with Gasteiger partial charge in [0.2, 0.25) is 5.95 Å². The molecule has 0 unspecified atom stereocenters. The predicted molar refractivity (Wildman–Crippen MR) is 119 cm³/mol. The Morgan fingerprint density at radius 3 is 2.45 bits per heavy atom. The molecule has 0 atom stereocenters. The van der Waals surface area contributed by atoms with Crippen LogP contribution in [0.4, 0.5) is 5.95 Å². The lowest BCUT2D eigenvalue weighted by atomic mass is 10.2. The molecule has 8 nitrogen and oxygen atoms in total. The number of carbonyl (C=O) groups excluding carboxylic acids is 2. The van der Waals surface area contributed by atoms with Gasteiger partial charge in [0, 0.05) is 10.7 Å². The van der Waals surface area contributed by atoms with Crippen molar-refractivity contribution in [3.8, 4) is 5.75 Å². The Kier molecular flexibility index (Phi) is 7.45. The molecule has 0 aliphatic heterocycles. The number of ether oxygens (including phenoxy) is 2. The molecule has 2 aromatic carbocycles. The molecule has 0 radical (unpaired) electrons. The number of carbonyl (C=O) groups is 2. The summed E-state index contributed by atoms with van der Waals surface area (Å²) in [5, 5.41) is 4.08. The zero-order valence-corrected chi connectivity index (χ0v) is 18.4. The Balaban J connectivity index is 1.57. The number of nitrogens with zero attached hydrogens (tertiary/aromatic N) is 3. The van der Waals surface area contributed by atoms with E-state index in [1.54, 1.807) is 68.6 Å². The summed E-state index contributed by atoms with van der Waals surface area (Å²) in [5.74, 6) is -0.223. The molecule has 158 valence electrons. The van der Waals surface area contributed by atoms with Crippen LogP contribution in [0.5, 0.6) is 5.75 Å². The number of benzene rings is 2. The highest BCUT2D eigenvalue weighted by molar-refractivity contribution is 9.10. The van der Waals surface area contributed by atoms with E-state index in [1.807, 2.05) is 0 Å². The fourth-order valence-corrected chi connectivity index (χ4v) is 2.73. The van der Waals surface area contributed by atoms with Gasteiger partial charge in [-0.1, -0.05) is 15.9 Å². The summed E-state index contributed by atoms with van der Waals surface area (Å²) in [5.41, 5.74) is 4.74. The third-order valence-corrected chi connectivity index (χ3v) is 4.55. The fraction of sp³-hybridized carbons (Fsp3) is 0.136. The molecule has 31 heavy (non-hydrogen) atoms. The van der Waals surface area contributed by atoms with E-state index in [0.717, 1.165) is 10.0 Å². The number of hydrazone groups is 1. The molecule has 1 heterocycles. The zero-order valence-electron chi connectivity index (χ0n) is 16.8. The lowest BCUT2D eigenvalue weighted by Gasteiger charge is -2.06. The lowest BCUT2D eigenvalue weighted by molar-refractivity contribution is 0.0524. The molecule has 0 aliphatic carbocycles. The SMILES string of the molecule is CCOC(=O)c1cnc(NN=Cc2ccc(OC(=O)c3ccc(Br)cc3)cc2)nc1C. The number of aryl methyl sites for hydroxylation is 1. The van der Waals surface area contributed by atoms with Crippen molar-refractivity contribution in [2.45, 2.75) is 13.8 Å². The van der Waals surface area contributed by atoms with Gasteiger partial charge in [0.25, 0.3) is 0 Å². The molecule has 0 bridgehead atoms. The average molecular weight is 483 g/mol. The largest absolute Gasteiger partial charge is 0.462 e. The van der Waals surface area contributed by atoms with Crippen molar-refractivity contribution in [2.75, 3.05) is 12.0 Å². The lowest BCUT2D eigenvalue weighted by Crippen LogP contribution is -2.10. The standard InChI is InChI=1S/C22H19BrN4O4/c1-3-30-21(29)19-13-24-22(26-14(19)2)27-25-12-15-4-10-18(11-5-15)31-20(28)16-6-8-17(23)9-7-16/h4-13H,3H2,1-2H3,(H,24,26,27). The number of rotatable bonds is 7. The molecule has 3 aromatic rings. The Bertz CT molecular complexity index is 1100. The number of hydrogen-bond acceptors (Lipinski definition) is 8. The second-order valence-corrected chi connectivity index (χ2v) is 7.16. The Labute approximate surface area is 187 Å². The monoisotopic (exact) mass is 482 g/mol. The van der Waals surface area contributed by atoms with Gasteiger partial charge in [-0.3, -0.25) is 0 Å². The highest BCUT2D eigenvalue weighted by Crippen LogP contribution is 2.16. The Morgan fingerprint density at radius 2 is 1.81 bits per heavy atom. The van der Waals surface area contributed by atoms with Crippen molar-refractivity contribution >= 4 is 40.0 Å². The molecule has 1 N–H and O–H groups in total. The molecule has 1 aromatic heterocycles. The van der Waals surface area contributed by atoms with E-state index < -0.39 is 11.9 Å². The molecule has 0 saturated carbocycles. The second kappa shape index (κ2) is 10.4. The van der Waals surface area contributed by atoms with Crippen molar-refractivity contribution in [1.29, 1.82) is 0 Å². The summed E-state index contributed by atoms with van der Waals surface area (Å²) >= 11 is 3.33. The van der Waals surface area contributed by atoms with Gasteiger partial charge in [0.1, 0.15) is 5.75 Å². The summed E-state index contributed by atoms with van der Waals surface area (Å²) in [6.45, 7) is 3.71. The highest BCUT2D eigenvalue weighted by Gasteiger charge is 2.12. The molecule has 0 spiro atoms. The quantitative estimate of drug-likeness (QED) is 0.230. The van der Waals surface area contributed by atoms with Gasteiger partial charge in [0.15, 0.2) is 0 Å². The van der Waals surface area contributed by atoms with Crippen LogP contribution in [-0.4, -0.2) is 34.7 Å². The van der Waals surface area contributed by atoms with Crippen molar-refractivity contribution in [1.82, 2.24) is 9.97 Å². The van der Waals surface area contributed by atoms with Gasteiger partial charge < -0.3 is 9.47 Å². The number of hydrogen-bond donors (Lipinski definition) is 1. The number of aromatic nitrogens is 2. The average Bonchev–Trinajstić information content (AvgIpc) is 2.75. The third kappa shape index (κ3) is 6.19. The van der Waals surface area contributed by atoms with Crippen LogP contribution >= 0.6 is 15.9 Å². The van der Waals surface area contributed by atoms with E-state index in [2.05, 4.69) is 36.4 Å². The topological polar surface area (TPSA) is 103 Å². The first-order valence-corrected chi connectivity index (χ1v) is 10.1. The van der Waals surface area contributed by atoms with Crippen LogP contribution in [0.25, 0.3) is 0 Å². The fourth-order valence-electron chi connectivity index (χ4n) is 2.47. The molecule has 0 fully saturated rings. The molecule has 0 saturated heterocycles. The van der Waals surface area contributed by atoms with Crippen molar-refractivity contribution < 1.29 is 19.1 Å². The molecule has 0 aliphatic rings. The van der Waals surface area contributed by atoms with Crippen LogP contribution in [0.15, 0.2) is 64.3 Å². The summed E-state index contributed by atoms with van der Waals surface area (Å²) in [6.07, 6.45) is 2.96. The minimum atomic E-state index is -0.462. The number of esters is 2. The van der Waals surface area contributed by atoms with Gasteiger partial charge in [0.05, 0.1) is 29.6 Å². The minimum absolute atomic E-state index is 0.252.